The first-order valence-corrected chi connectivity index (χ1v) is 9.32. The van der Waals surface area contributed by atoms with Crippen molar-refractivity contribution in [1.29, 1.82) is 0 Å². The number of carbonyl (C=O) groups excluding carboxylic acids is 1. The number of nitrogens with one attached hydrogen (secondary N) is 1. The van der Waals surface area contributed by atoms with Crippen LogP contribution in [0.5, 0.6) is 0 Å². The summed E-state index contributed by atoms with van der Waals surface area (Å²) in [7, 11) is 0.603. The van der Waals surface area contributed by atoms with Crippen molar-refractivity contribution in [3.63, 3.8) is 0 Å². The predicted octanol–water partition coefficient (Wildman–Crippen LogP) is -0.914. The summed E-state index contributed by atoms with van der Waals surface area (Å²) >= 11 is 0. The first kappa shape index (κ1) is 16.3. The monoisotopic (exact) mass is 343 g/mol. The van der Waals surface area contributed by atoms with Crippen LogP contribution in [0.15, 0.2) is 15.4 Å². The van der Waals surface area contributed by atoms with Gasteiger partial charge in [-0.05, 0) is 14.1 Å². The molecule has 0 aromatic carbocycles. The molecule has 9 heteroatoms. The zero-order valence-corrected chi connectivity index (χ0v) is 14.0. The maximum absolute atomic E-state index is 12.3. The summed E-state index contributed by atoms with van der Waals surface area (Å²) in [4.78, 5) is 26.9. The molecule has 1 aromatic rings. The maximum atomic E-state index is 12.3. The van der Waals surface area contributed by atoms with Gasteiger partial charge in [-0.25, -0.2) is 8.42 Å². The molecule has 2 saturated heterocycles. The second-order valence-corrected chi connectivity index (χ2v) is 8.81. The number of likely N-dealkylation sites (tertiary alicyclic amines) is 1. The van der Waals surface area contributed by atoms with Gasteiger partial charge in [-0.1, -0.05) is 0 Å². The number of fused-ring (bicyclic) bond motifs is 1. The largest absolute Gasteiger partial charge is 0.384 e. The summed E-state index contributed by atoms with van der Waals surface area (Å²) in [5.41, 5.74) is -0.330. The quantitative estimate of drug-likeness (QED) is 0.759. The summed E-state index contributed by atoms with van der Waals surface area (Å²) in [5, 5.41) is 1.73. The number of sulfone groups is 1. The van der Waals surface area contributed by atoms with E-state index in [0.717, 1.165) is 0 Å². The van der Waals surface area contributed by atoms with Gasteiger partial charge in [0.25, 0.3) is 5.56 Å². The van der Waals surface area contributed by atoms with E-state index in [2.05, 4.69) is 5.16 Å². The molecule has 0 aliphatic carbocycles. The van der Waals surface area contributed by atoms with Crippen molar-refractivity contribution in [2.75, 3.05) is 32.9 Å². The van der Waals surface area contributed by atoms with E-state index in [-0.39, 0.29) is 42.1 Å². The Morgan fingerprint density at radius 2 is 2.17 bits per heavy atom. The lowest BCUT2D eigenvalue weighted by Gasteiger charge is -2.25. The first-order valence-electron chi connectivity index (χ1n) is 7.61. The highest BCUT2D eigenvalue weighted by Crippen LogP contribution is 2.36. The number of hydrogen-bond donors (Lipinski definition) is 1. The molecular formula is C14H21N3O5S. The van der Waals surface area contributed by atoms with Crippen LogP contribution in [0.4, 0.5) is 0 Å². The Kier molecular flexibility index (Phi) is 4.09. The molecule has 2 aliphatic heterocycles. The smallest absolute Gasteiger partial charge is 0.280 e. The summed E-state index contributed by atoms with van der Waals surface area (Å²) in [6.45, 7) is 0.746. The number of hydrogen-bond acceptors (Lipinski definition) is 6. The van der Waals surface area contributed by atoms with E-state index in [4.69, 9.17) is 4.52 Å². The van der Waals surface area contributed by atoms with Gasteiger partial charge in [-0.15, -0.1) is 0 Å². The van der Waals surface area contributed by atoms with Crippen molar-refractivity contribution < 1.29 is 17.7 Å². The zero-order valence-electron chi connectivity index (χ0n) is 13.2. The third kappa shape index (κ3) is 3.07. The van der Waals surface area contributed by atoms with Gasteiger partial charge in [0.2, 0.25) is 5.91 Å². The molecule has 3 rings (SSSR count). The maximum Gasteiger partial charge on any atom is 0.280 e. The Balaban J connectivity index is 1.64. The lowest BCUT2D eigenvalue weighted by molar-refractivity contribution is -0.130. The normalized spacial score (nSPS) is 29.2. The highest BCUT2D eigenvalue weighted by Gasteiger charge is 2.53. The molecule has 0 saturated carbocycles. The topological polar surface area (TPSA) is 104 Å². The number of carbonyl (C=O) groups is 1. The van der Waals surface area contributed by atoms with Crippen LogP contribution in [-0.4, -0.2) is 73.5 Å². The highest BCUT2D eigenvalue weighted by molar-refractivity contribution is 7.92. The lowest BCUT2D eigenvalue weighted by Crippen LogP contribution is -2.38. The molecule has 8 nitrogen and oxygen atoms in total. The first-order chi connectivity index (χ1) is 10.8. The Hall–Kier alpha value is -1.61. The van der Waals surface area contributed by atoms with Crippen LogP contribution in [0.25, 0.3) is 0 Å². The zero-order chi connectivity index (χ0) is 16.8. The minimum absolute atomic E-state index is 0.0239. The van der Waals surface area contributed by atoms with E-state index in [0.29, 0.717) is 18.7 Å². The summed E-state index contributed by atoms with van der Waals surface area (Å²) in [6, 6.07) is 1.28. The van der Waals surface area contributed by atoms with Crippen LogP contribution >= 0.6 is 0 Å². The van der Waals surface area contributed by atoms with Gasteiger partial charge in [0.15, 0.2) is 9.84 Å². The van der Waals surface area contributed by atoms with Crippen LogP contribution in [0.3, 0.4) is 0 Å². The minimum atomic E-state index is -3.15. The molecule has 2 aliphatic rings. The average Bonchev–Trinajstić information content (AvgIpc) is 3.13. The van der Waals surface area contributed by atoms with Gasteiger partial charge < -0.3 is 14.3 Å². The van der Waals surface area contributed by atoms with Crippen LogP contribution in [0.1, 0.15) is 12.2 Å². The Bertz CT molecular complexity index is 750. The number of nitrogens with zero attached hydrogens (tertiary/aromatic N) is 2. The van der Waals surface area contributed by atoms with Gasteiger partial charge in [0.05, 0.1) is 11.0 Å². The van der Waals surface area contributed by atoms with E-state index in [1.807, 2.05) is 19.0 Å². The van der Waals surface area contributed by atoms with Crippen LogP contribution in [0, 0.1) is 5.92 Å². The molecule has 0 bridgehead atoms. The highest BCUT2D eigenvalue weighted by atomic mass is 32.2. The summed E-state index contributed by atoms with van der Waals surface area (Å²) in [6.07, 6.45) is 0.528. The lowest BCUT2D eigenvalue weighted by atomic mass is 10.00. The summed E-state index contributed by atoms with van der Waals surface area (Å²) in [5.74, 6) is 0.480. The Morgan fingerprint density at radius 3 is 2.78 bits per heavy atom. The predicted molar refractivity (Wildman–Crippen MR) is 82.8 cm³/mol. The average molecular weight is 343 g/mol. The third-order valence-corrected chi connectivity index (χ3v) is 7.07. The molecule has 3 atom stereocenters. The number of aromatic amines is 1. The van der Waals surface area contributed by atoms with E-state index in [1.54, 1.807) is 4.90 Å². The van der Waals surface area contributed by atoms with Crippen molar-refractivity contribution >= 4 is 15.7 Å². The number of aryl methyl sites for hydroxylation is 1. The van der Waals surface area contributed by atoms with Gasteiger partial charge in [0, 0.05) is 44.0 Å². The fourth-order valence-corrected chi connectivity index (χ4v) is 6.08. The van der Waals surface area contributed by atoms with E-state index in [1.165, 1.54) is 6.07 Å². The second-order valence-electron chi connectivity index (χ2n) is 6.54. The van der Waals surface area contributed by atoms with Crippen LogP contribution in [-0.2, 0) is 21.1 Å². The van der Waals surface area contributed by atoms with Gasteiger partial charge in [0.1, 0.15) is 5.76 Å². The number of H-pyrrole nitrogens is 1. The number of amides is 1. The molecule has 23 heavy (non-hydrogen) atoms. The van der Waals surface area contributed by atoms with Crippen LogP contribution < -0.4 is 5.56 Å². The molecular weight excluding hydrogens is 322 g/mol. The molecule has 0 radical (unpaired) electrons. The second kappa shape index (κ2) is 5.79. The van der Waals surface area contributed by atoms with E-state index >= 15 is 0 Å². The third-order valence-electron chi connectivity index (χ3n) is 4.84. The number of aromatic nitrogens is 1. The Labute approximate surface area is 134 Å². The molecule has 0 spiro atoms. The number of rotatable bonds is 4. The van der Waals surface area contributed by atoms with Crippen molar-refractivity contribution in [2.24, 2.45) is 5.92 Å². The van der Waals surface area contributed by atoms with Gasteiger partial charge in [-0.2, -0.15) is 5.16 Å². The molecule has 128 valence electrons. The fraction of sp³-hybridized carbons (Fsp3) is 0.714. The molecule has 2 fully saturated rings. The summed E-state index contributed by atoms with van der Waals surface area (Å²) < 4.78 is 29.5. The standard InChI is InChI=1S/C14H21N3O5S/c1-16(2)11-8-23(20,21)12-7-17(6-10(11)12)14(19)4-3-9-5-13(18)15-22-9/h5,10-12H,3-4,6-8H2,1-2H3,(H,15,18)/t10-,11-,12-/m0/s1. The van der Waals surface area contributed by atoms with E-state index in [9.17, 15) is 18.0 Å². The SMILES string of the molecule is CN(C)[C@H]1CS(=O)(=O)[C@H]2CN(C(=O)CCc3cc(=O)[nH]o3)C[C@@H]12. The molecule has 1 aromatic heterocycles. The van der Waals surface area contributed by atoms with Crippen LogP contribution in [0.2, 0.25) is 0 Å². The van der Waals surface area contributed by atoms with Crippen molar-refractivity contribution in [1.82, 2.24) is 15.0 Å². The molecule has 3 heterocycles. The van der Waals surface area contributed by atoms with Gasteiger partial charge in [-0.3, -0.25) is 9.59 Å². The minimum Gasteiger partial charge on any atom is -0.384 e. The molecule has 1 N–H and O–H groups in total. The van der Waals surface area contributed by atoms with Gasteiger partial charge >= 0.3 is 0 Å². The molecule has 0 unspecified atom stereocenters. The van der Waals surface area contributed by atoms with Crippen molar-refractivity contribution in [3.05, 3.63) is 22.2 Å². The fourth-order valence-electron chi connectivity index (χ4n) is 3.60. The van der Waals surface area contributed by atoms with Crippen molar-refractivity contribution in [3.8, 4) is 0 Å². The van der Waals surface area contributed by atoms with E-state index < -0.39 is 15.1 Å². The van der Waals surface area contributed by atoms with Crippen molar-refractivity contribution in [2.45, 2.75) is 24.1 Å². The molecule has 1 amide bonds. The Morgan fingerprint density at radius 1 is 1.43 bits per heavy atom.